The average Bonchev–Trinajstić information content (AvgIpc) is 2.47. The fraction of sp³-hybridized carbons (Fsp3) is 0.562. The lowest BCUT2D eigenvalue weighted by molar-refractivity contribution is 0.0607. The minimum absolute atomic E-state index is 0.146. The molecule has 0 spiro atoms. The van der Waals surface area contributed by atoms with Gasteiger partial charge in [0, 0.05) is 18.2 Å². The van der Waals surface area contributed by atoms with Gasteiger partial charge in [-0.2, -0.15) is 0 Å². The highest BCUT2D eigenvalue weighted by molar-refractivity contribution is 5.94. The van der Waals surface area contributed by atoms with Gasteiger partial charge in [-0.25, -0.2) is 0 Å². The van der Waals surface area contributed by atoms with Crippen molar-refractivity contribution < 1.29 is 9.53 Å². The molecule has 1 unspecified atom stereocenters. The fourth-order valence-electron chi connectivity index (χ4n) is 2.74. The average molecular weight is 261 g/mol. The highest BCUT2D eigenvalue weighted by Crippen LogP contribution is 2.23. The van der Waals surface area contributed by atoms with Crippen molar-refractivity contribution in [1.29, 1.82) is 0 Å². The standard InChI is InChI=1S/C16H23NO2/c1-3-14-9-5-6-11-17(14)16(18)13-8-7-10-15(12-13)19-4-2/h7-8,10,12,14H,3-6,9,11H2,1-2H3. The molecule has 1 saturated heterocycles. The van der Waals surface area contributed by atoms with Crippen molar-refractivity contribution in [3.8, 4) is 5.75 Å². The quantitative estimate of drug-likeness (QED) is 0.830. The highest BCUT2D eigenvalue weighted by atomic mass is 16.5. The van der Waals surface area contributed by atoms with Gasteiger partial charge in [-0.1, -0.05) is 13.0 Å². The van der Waals surface area contributed by atoms with E-state index >= 15 is 0 Å². The number of piperidine rings is 1. The summed E-state index contributed by atoms with van der Waals surface area (Å²) in [5.41, 5.74) is 0.742. The Kier molecular flexibility index (Phi) is 4.83. The summed E-state index contributed by atoms with van der Waals surface area (Å²) in [4.78, 5) is 14.6. The Morgan fingerprint density at radius 3 is 2.95 bits per heavy atom. The topological polar surface area (TPSA) is 29.5 Å². The molecule has 0 aromatic heterocycles. The number of rotatable bonds is 4. The van der Waals surface area contributed by atoms with Gasteiger partial charge in [0.1, 0.15) is 5.75 Å². The molecule has 3 heteroatoms. The lowest BCUT2D eigenvalue weighted by atomic mass is 9.99. The molecule has 0 saturated carbocycles. The van der Waals surface area contributed by atoms with Crippen molar-refractivity contribution in [2.45, 2.75) is 45.6 Å². The van der Waals surface area contributed by atoms with Crippen molar-refractivity contribution in [3.05, 3.63) is 29.8 Å². The van der Waals surface area contributed by atoms with Crippen LogP contribution >= 0.6 is 0 Å². The third kappa shape index (κ3) is 3.28. The van der Waals surface area contributed by atoms with E-state index in [1.807, 2.05) is 36.1 Å². The van der Waals surface area contributed by atoms with Gasteiger partial charge in [-0.3, -0.25) is 4.79 Å². The summed E-state index contributed by atoms with van der Waals surface area (Å²) in [5.74, 6) is 0.923. The highest BCUT2D eigenvalue weighted by Gasteiger charge is 2.26. The molecule has 0 bridgehead atoms. The van der Waals surface area contributed by atoms with Gasteiger partial charge in [-0.15, -0.1) is 0 Å². The van der Waals surface area contributed by atoms with E-state index in [1.165, 1.54) is 6.42 Å². The number of carbonyl (C=O) groups excluding carboxylic acids is 1. The van der Waals surface area contributed by atoms with Crippen LogP contribution < -0.4 is 4.74 Å². The molecular weight excluding hydrogens is 238 g/mol. The zero-order valence-electron chi connectivity index (χ0n) is 11.9. The molecule has 2 rings (SSSR count). The lowest BCUT2D eigenvalue weighted by Gasteiger charge is -2.35. The van der Waals surface area contributed by atoms with Crippen LogP contribution in [0.5, 0.6) is 5.75 Å². The van der Waals surface area contributed by atoms with E-state index in [-0.39, 0.29) is 5.91 Å². The zero-order chi connectivity index (χ0) is 13.7. The first-order valence-corrected chi connectivity index (χ1v) is 7.30. The summed E-state index contributed by atoms with van der Waals surface area (Å²) in [6.07, 6.45) is 4.53. The number of ether oxygens (including phenoxy) is 1. The summed E-state index contributed by atoms with van der Waals surface area (Å²) < 4.78 is 5.47. The van der Waals surface area contributed by atoms with Crippen molar-refractivity contribution in [2.24, 2.45) is 0 Å². The number of amides is 1. The van der Waals surface area contributed by atoms with E-state index in [1.54, 1.807) is 0 Å². The van der Waals surface area contributed by atoms with Gasteiger partial charge in [0.25, 0.3) is 5.91 Å². The van der Waals surface area contributed by atoms with Gasteiger partial charge in [0.15, 0.2) is 0 Å². The Balaban J connectivity index is 2.15. The molecular formula is C16H23NO2. The first kappa shape index (κ1) is 13.9. The molecule has 1 aromatic carbocycles. The van der Waals surface area contributed by atoms with Crippen LogP contribution in [-0.2, 0) is 0 Å². The molecule has 19 heavy (non-hydrogen) atoms. The van der Waals surface area contributed by atoms with Crippen LogP contribution in [0.25, 0.3) is 0 Å². The van der Waals surface area contributed by atoms with Crippen molar-refractivity contribution in [2.75, 3.05) is 13.2 Å². The van der Waals surface area contributed by atoms with E-state index in [2.05, 4.69) is 6.92 Å². The Hall–Kier alpha value is -1.51. The van der Waals surface area contributed by atoms with Gasteiger partial charge in [0.05, 0.1) is 6.61 Å². The van der Waals surface area contributed by atoms with Crippen LogP contribution in [0.4, 0.5) is 0 Å². The van der Waals surface area contributed by atoms with E-state index in [4.69, 9.17) is 4.74 Å². The molecule has 0 radical (unpaired) electrons. The molecule has 104 valence electrons. The summed E-state index contributed by atoms with van der Waals surface area (Å²) in [6, 6.07) is 7.92. The molecule has 0 aliphatic carbocycles. The van der Waals surface area contributed by atoms with Crippen LogP contribution in [0.2, 0.25) is 0 Å². The monoisotopic (exact) mass is 261 g/mol. The molecule has 1 amide bonds. The number of likely N-dealkylation sites (tertiary alicyclic amines) is 1. The van der Waals surface area contributed by atoms with E-state index in [0.29, 0.717) is 12.6 Å². The minimum Gasteiger partial charge on any atom is -0.494 e. The molecule has 1 atom stereocenters. The largest absolute Gasteiger partial charge is 0.494 e. The van der Waals surface area contributed by atoms with Crippen LogP contribution in [0.1, 0.15) is 49.9 Å². The summed E-state index contributed by atoms with van der Waals surface area (Å²) in [6.45, 7) is 5.62. The van der Waals surface area contributed by atoms with Crippen LogP contribution in [-0.4, -0.2) is 30.0 Å². The molecule has 1 heterocycles. The maximum Gasteiger partial charge on any atom is 0.254 e. The first-order valence-electron chi connectivity index (χ1n) is 7.30. The Bertz CT molecular complexity index is 431. The summed E-state index contributed by atoms with van der Waals surface area (Å²) >= 11 is 0. The third-order valence-corrected chi connectivity index (χ3v) is 3.75. The van der Waals surface area contributed by atoms with Crippen LogP contribution in [0, 0.1) is 0 Å². The number of hydrogen-bond acceptors (Lipinski definition) is 2. The van der Waals surface area contributed by atoms with Crippen molar-refractivity contribution >= 4 is 5.91 Å². The van der Waals surface area contributed by atoms with Gasteiger partial charge in [-0.05, 0) is 50.8 Å². The smallest absolute Gasteiger partial charge is 0.254 e. The molecule has 1 aliphatic heterocycles. The van der Waals surface area contributed by atoms with Crippen LogP contribution in [0.15, 0.2) is 24.3 Å². The van der Waals surface area contributed by atoms with E-state index in [0.717, 1.165) is 37.1 Å². The van der Waals surface area contributed by atoms with Crippen molar-refractivity contribution in [1.82, 2.24) is 4.90 Å². The zero-order valence-corrected chi connectivity index (χ0v) is 11.9. The van der Waals surface area contributed by atoms with Gasteiger partial charge < -0.3 is 9.64 Å². The van der Waals surface area contributed by atoms with Crippen molar-refractivity contribution in [3.63, 3.8) is 0 Å². The Morgan fingerprint density at radius 2 is 2.21 bits per heavy atom. The van der Waals surface area contributed by atoms with Gasteiger partial charge in [0.2, 0.25) is 0 Å². The van der Waals surface area contributed by atoms with E-state index in [9.17, 15) is 4.79 Å². The maximum absolute atomic E-state index is 12.6. The molecule has 1 fully saturated rings. The molecule has 0 N–H and O–H groups in total. The number of hydrogen-bond donors (Lipinski definition) is 0. The predicted octanol–water partition coefficient (Wildman–Crippen LogP) is 3.49. The Morgan fingerprint density at radius 1 is 1.37 bits per heavy atom. The second-order valence-corrected chi connectivity index (χ2v) is 5.02. The summed E-state index contributed by atoms with van der Waals surface area (Å²) in [7, 11) is 0. The second kappa shape index (κ2) is 6.60. The maximum atomic E-state index is 12.6. The third-order valence-electron chi connectivity index (χ3n) is 3.75. The molecule has 1 aromatic rings. The van der Waals surface area contributed by atoms with Gasteiger partial charge >= 0.3 is 0 Å². The predicted molar refractivity (Wildman–Crippen MR) is 76.6 cm³/mol. The fourth-order valence-corrected chi connectivity index (χ4v) is 2.74. The summed E-state index contributed by atoms with van der Waals surface area (Å²) in [5, 5.41) is 0. The lowest BCUT2D eigenvalue weighted by Crippen LogP contribution is -2.43. The molecule has 3 nitrogen and oxygen atoms in total. The second-order valence-electron chi connectivity index (χ2n) is 5.02. The Labute approximate surface area is 115 Å². The first-order chi connectivity index (χ1) is 9.26. The van der Waals surface area contributed by atoms with E-state index < -0.39 is 0 Å². The number of carbonyl (C=O) groups is 1. The minimum atomic E-state index is 0.146. The number of nitrogens with zero attached hydrogens (tertiary/aromatic N) is 1. The SMILES string of the molecule is CCOc1cccc(C(=O)N2CCCCC2CC)c1. The molecule has 1 aliphatic rings. The number of benzene rings is 1. The van der Waals surface area contributed by atoms with Crippen LogP contribution in [0.3, 0.4) is 0 Å². The normalized spacial score (nSPS) is 19.3.